The Balaban J connectivity index is 1.65. The van der Waals surface area contributed by atoms with Gasteiger partial charge in [-0.25, -0.2) is 0 Å². The molecule has 2 saturated carbocycles. The molecule has 2 aliphatic rings. The first-order valence-corrected chi connectivity index (χ1v) is 8.56. The van der Waals surface area contributed by atoms with E-state index in [9.17, 15) is 4.79 Å². The maximum atomic E-state index is 12.4. The summed E-state index contributed by atoms with van der Waals surface area (Å²) < 4.78 is 16.0. The molecule has 2 atom stereocenters. The maximum absolute atomic E-state index is 12.4. The second-order valence-electron chi connectivity index (χ2n) is 6.61. The van der Waals surface area contributed by atoms with Crippen LogP contribution >= 0.6 is 0 Å². The lowest BCUT2D eigenvalue weighted by molar-refractivity contribution is -0.147. The number of nitrogens with one attached hydrogen (secondary N) is 1. The Labute approximate surface area is 136 Å². The molecule has 0 aliphatic heterocycles. The summed E-state index contributed by atoms with van der Waals surface area (Å²) in [6.07, 6.45) is 7.16. The number of amides is 1. The topological polar surface area (TPSA) is 73.6 Å². The molecule has 1 aromatic heterocycles. The van der Waals surface area contributed by atoms with Gasteiger partial charge in [-0.15, -0.1) is 0 Å². The minimum absolute atomic E-state index is 0.114. The van der Waals surface area contributed by atoms with Crippen LogP contribution in [-0.4, -0.2) is 36.9 Å². The van der Waals surface area contributed by atoms with Crippen molar-refractivity contribution in [3.63, 3.8) is 0 Å². The summed E-state index contributed by atoms with van der Waals surface area (Å²) in [6, 6.07) is 1.82. The van der Waals surface area contributed by atoms with Gasteiger partial charge in [-0.2, -0.15) is 0 Å². The predicted octanol–water partition coefficient (Wildman–Crippen LogP) is 2.68. The number of methoxy groups -OCH3 is 1. The van der Waals surface area contributed by atoms with Crippen LogP contribution in [-0.2, 0) is 16.1 Å². The first-order valence-electron chi connectivity index (χ1n) is 8.56. The molecule has 1 N–H and O–H groups in total. The Hall–Kier alpha value is -1.40. The minimum atomic E-state index is -0.166. The SMILES string of the molecule is CCO[C@H]1C[C@H](NC(=O)c2cc(COC)on2)C12CCCCC2. The van der Waals surface area contributed by atoms with E-state index < -0.39 is 0 Å². The normalized spacial score (nSPS) is 26.0. The summed E-state index contributed by atoms with van der Waals surface area (Å²) in [6.45, 7) is 3.09. The molecule has 0 unspecified atom stereocenters. The molecular formula is C17H26N2O4. The van der Waals surface area contributed by atoms with Gasteiger partial charge in [-0.05, 0) is 26.2 Å². The fourth-order valence-corrected chi connectivity index (χ4v) is 4.13. The number of nitrogens with zero attached hydrogens (tertiary/aromatic N) is 1. The smallest absolute Gasteiger partial charge is 0.273 e. The number of ether oxygens (including phenoxy) is 2. The molecule has 6 heteroatoms. The summed E-state index contributed by atoms with van der Waals surface area (Å²) in [5.41, 5.74) is 0.436. The van der Waals surface area contributed by atoms with E-state index in [-0.39, 0.29) is 23.5 Å². The van der Waals surface area contributed by atoms with Crippen molar-refractivity contribution in [3.05, 3.63) is 17.5 Å². The van der Waals surface area contributed by atoms with Gasteiger partial charge in [-0.1, -0.05) is 24.4 Å². The first-order chi connectivity index (χ1) is 11.2. The summed E-state index contributed by atoms with van der Waals surface area (Å²) in [7, 11) is 1.58. The van der Waals surface area contributed by atoms with Gasteiger partial charge in [0, 0.05) is 31.2 Å². The highest BCUT2D eigenvalue weighted by Gasteiger charge is 2.56. The summed E-state index contributed by atoms with van der Waals surface area (Å²) in [4.78, 5) is 12.4. The van der Waals surface area contributed by atoms with E-state index in [1.54, 1.807) is 13.2 Å². The third-order valence-electron chi connectivity index (χ3n) is 5.32. The number of carbonyl (C=O) groups excluding carboxylic acids is 1. The third-order valence-corrected chi connectivity index (χ3v) is 5.32. The predicted molar refractivity (Wildman–Crippen MR) is 84.0 cm³/mol. The Bertz CT molecular complexity index is 536. The van der Waals surface area contributed by atoms with Crippen molar-refractivity contribution in [1.29, 1.82) is 0 Å². The number of rotatable bonds is 6. The lowest BCUT2D eigenvalue weighted by Crippen LogP contribution is -2.65. The van der Waals surface area contributed by atoms with Crippen LogP contribution in [0.2, 0.25) is 0 Å². The lowest BCUT2D eigenvalue weighted by Gasteiger charge is -2.57. The van der Waals surface area contributed by atoms with Crippen molar-refractivity contribution >= 4 is 5.91 Å². The van der Waals surface area contributed by atoms with Crippen molar-refractivity contribution < 1.29 is 18.8 Å². The van der Waals surface area contributed by atoms with E-state index in [1.807, 2.05) is 6.92 Å². The van der Waals surface area contributed by atoms with Gasteiger partial charge in [0.2, 0.25) is 0 Å². The second kappa shape index (κ2) is 7.01. The zero-order valence-corrected chi connectivity index (χ0v) is 14.0. The largest absolute Gasteiger partial charge is 0.378 e. The molecule has 1 spiro atoms. The van der Waals surface area contributed by atoms with Crippen molar-refractivity contribution in [3.8, 4) is 0 Å². The van der Waals surface area contributed by atoms with E-state index in [4.69, 9.17) is 14.0 Å². The molecule has 1 amide bonds. The van der Waals surface area contributed by atoms with Crippen LogP contribution in [0.15, 0.2) is 10.6 Å². The molecule has 0 bridgehead atoms. The molecule has 1 aromatic rings. The van der Waals surface area contributed by atoms with Crippen LogP contribution in [0.4, 0.5) is 0 Å². The Kier molecular flexibility index (Phi) is 5.02. The summed E-state index contributed by atoms with van der Waals surface area (Å²) in [5, 5.41) is 6.99. The molecule has 1 heterocycles. The maximum Gasteiger partial charge on any atom is 0.273 e. The van der Waals surface area contributed by atoms with Gasteiger partial charge < -0.3 is 19.3 Å². The van der Waals surface area contributed by atoms with E-state index >= 15 is 0 Å². The average Bonchev–Trinajstić information content (AvgIpc) is 3.04. The number of carbonyl (C=O) groups is 1. The van der Waals surface area contributed by atoms with Gasteiger partial charge in [0.1, 0.15) is 6.61 Å². The quantitative estimate of drug-likeness (QED) is 0.871. The van der Waals surface area contributed by atoms with Gasteiger partial charge in [0.25, 0.3) is 5.91 Å². The molecule has 2 fully saturated rings. The Morgan fingerprint density at radius 1 is 1.43 bits per heavy atom. The van der Waals surface area contributed by atoms with E-state index in [1.165, 1.54) is 19.3 Å². The molecule has 0 aromatic carbocycles. The fraction of sp³-hybridized carbons (Fsp3) is 0.765. The highest BCUT2D eigenvalue weighted by Crippen LogP contribution is 2.53. The standard InChI is InChI=1S/C17H26N2O4/c1-3-22-15-10-14(17(15)7-5-4-6-8-17)18-16(20)13-9-12(11-21-2)23-19-13/h9,14-15H,3-8,10-11H2,1-2H3,(H,18,20)/t14-,15-/m0/s1. The number of aromatic nitrogens is 1. The van der Waals surface area contributed by atoms with Gasteiger partial charge in [-0.3, -0.25) is 4.79 Å². The minimum Gasteiger partial charge on any atom is -0.378 e. The third kappa shape index (κ3) is 3.15. The van der Waals surface area contributed by atoms with Crippen LogP contribution in [0.3, 0.4) is 0 Å². The van der Waals surface area contributed by atoms with Gasteiger partial charge in [0.05, 0.1) is 6.10 Å². The lowest BCUT2D eigenvalue weighted by atomic mass is 9.55. The van der Waals surface area contributed by atoms with E-state index in [0.717, 1.165) is 25.9 Å². The van der Waals surface area contributed by atoms with Gasteiger partial charge >= 0.3 is 0 Å². The molecule has 0 saturated heterocycles. The fourth-order valence-electron chi connectivity index (χ4n) is 4.13. The zero-order valence-electron chi connectivity index (χ0n) is 14.0. The summed E-state index contributed by atoms with van der Waals surface area (Å²) in [5.74, 6) is 0.395. The Morgan fingerprint density at radius 3 is 2.91 bits per heavy atom. The van der Waals surface area contributed by atoms with Crippen molar-refractivity contribution in [1.82, 2.24) is 10.5 Å². The van der Waals surface area contributed by atoms with E-state index in [0.29, 0.717) is 18.1 Å². The van der Waals surface area contributed by atoms with Crippen LogP contribution in [0, 0.1) is 5.41 Å². The molecule has 0 radical (unpaired) electrons. The van der Waals surface area contributed by atoms with Crippen molar-refractivity contribution in [2.24, 2.45) is 5.41 Å². The number of hydrogen-bond acceptors (Lipinski definition) is 5. The van der Waals surface area contributed by atoms with Crippen molar-refractivity contribution in [2.45, 2.75) is 64.2 Å². The molecule has 6 nitrogen and oxygen atoms in total. The molecule has 3 rings (SSSR count). The first kappa shape index (κ1) is 16.5. The second-order valence-corrected chi connectivity index (χ2v) is 6.61. The van der Waals surface area contributed by atoms with Crippen LogP contribution in [0.1, 0.15) is 61.7 Å². The monoisotopic (exact) mass is 322 g/mol. The van der Waals surface area contributed by atoms with Crippen LogP contribution in [0.25, 0.3) is 0 Å². The number of hydrogen-bond donors (Lipinski definition) is 1. The summed E-state index contributed by atoms with van der Waals surface area (Å²) >= 11 is 0. The zero-order chi connectivity index (χ0) is 16.3. The average molecular weight is 322 g/mol. The molecule has 2 aliphatic carbocycles. The van der Waals surface area contributed by atoms with Gasteiger partial charge in [0.15, 0.2) is 11.5 Å². The molecule has 23 heavy (non-hydrogen) atoms. The highest BCUT2D eigenvalue weighted by molar-refractivity contribution is 5.92. The Morgan fingerprint density at radius 2 is 2.22 bits per heavy atom. The van der Waals surface area contributed by atoms with Crippen LogP contribution < -0.4 is 5.32 Å². The molecular weight excluding hydrogens is 296 g/mol. The van der Waals surface area contributed by atoms with E-state index in [2.05, 4.69) is 10.5 Å². The van der Waals surface area contributed by atoms with Crippen molar-refractivity contribution in [2.75, 3.05) is 13.7 Å². The molecule has 128 valence electrons. The highest BCUT2D eigenvalue weighted by atomic mass is 16.5. The van der Waals surface area contributed by atoms with Crippen LogP contribution in [0.5, 0.6) is 0 Å².